The number of carbonyl (C=O) groups excluding carboxylic acids is 4. The lowest BCUT2D eigenvalue weighted by Gasteiger charge is -2.21. The van der Waals surface area contributed by atoms with E-state index in [1.54, 1.807) is 0 Å². The van der Waals surface area contributed by atoms with Crippen LogP contribution in [0.25, 0.3) is 0 Å². The predicted octanol–water partition coefficient (Wildman–Crippen LogP) is 21.0. The number of unbranched alkanes of at least 4 members (excludes halogenated alkanes) is 39. The van der Waals surface area contributed by atoms with E-state index in [2.05, 4.69) is 48.5 Å². The summed E-state index contributed by atoms with van der Waals surface area (Å²) in [5, 5.41) is 10.6. The van der Waals surface area contributed by atoms with E-state index in [4.69, 9.17) is 37.0 Å². The number of carbonyl (C=O) groups is 4. The van der Waals surface area contributed by atoms with E-state index >= 15 is 0 Å². The quantitative estimate of drug-likeness (QED) is 0.0222. The maximum absolute atomic E-state index is 13.1. The number of hydrogen-bond acceptors (Lipinski definition) is 15. The Kier molecular flexibility index (Phi) is 62.4. The van der Waals surface area contributed by atoms with Crippen molar-refractivity contribution in [2.24, 2.45) is 17.8 Å². The molecular formula is C73H142O17P2. The van der Waals surface area contributed by atoms with Crippen LogP contribution in [0.4, 0.5) is 0 Å². The van der Waals surface area contributed by atoms with Crippen LogP contribution in [-0.2, 0) is 65.4 Å². The summed E-state index contributed by atoms with van der Waals surface area (Å²) in [7, 11) is -9.90. The Bertz CT molecular complexity index is 1800. The number of esters is 4. The lowest BCUT2D eigenvalue weighted by Crippen LogP contribution is -2.30. The van der Waals surface area contributed by atoms with E-state index in [9.17, 15) is 43.2 Å². The first-order valence-corrected chi connectivity index (χ1v) is 40.8. The van der Waals surface area contributed by atoms with Gasteiger partial charge in [-0.25, -0.2) is 9.13 Å². The van der Waals surface area contributed by atoms with Crippen LogP contribution in [0.3, 0.4) is 0 Å². The third-order valence-electron chi connectivity index (χ3n) is 16.9. The van der Waals surface area contributed by atoms with Gasteiger partial charge in [0.2, 0.25) is 0 Å². The van der Waals surface area contributed by atoms with Gasteiger partial charge in [0.1, 0.15) is 19.3 Å². The van der Waals surface area contributed by atoms with Gasteiger partial charge in [-0.2, -0.15) is 0 Å². The molecule has 5 atom stereocenters. The van der Waals surface area contributed by atoms with Gasteiger partial charge in [-0.3, -0.25) is 37.3 Å². The fraction of sp³-hybridized carbons (Fsp3) is 0.945. The smallest absolute Gasteiger partial charge is 0.462 e. The van der Waals surface area contributed by atoms with Gasteiger partial charge in [0.05, 0.1) is 26.4 Å². The molecule has 0 spiro atoms. The summed E-state index contributed by atoms with van der Waals surface area (Å²) in [6, 6.07) is 0. The van der Waals surface area contributed by atoms with E-state index < -0.39 is 97.5 Å². The van der Waals surface area contributed by atoms with Crippen LogP contribution < -0.4 is 0 Å². The minimum absolute atomic E-state index is 0.105. The minimum atomic E-state index is -4.95. The zero-order chi connectivity index (χ0) is 68.0. The molecule has 546 valence electrons. The SMILES string of the molecule is CCCCCCCCCCC(=O)OC[C@H](COP(=O)(O)OC[C@H](O)COP(=O)(O)OC[C@@H](COC(=O)CCCCCCCCCCCCCCC(C)C)OC(=O)CCCCCCCCCCCCCCCCC(C)C)OC(=O)CCCCCCCCCCCC(C)C. The second-order valence-corrected chi connectivity index (χ2v) is 30.7. The average molecular weight is 1350 g/mol. The molecule has 0 saturated heterocycles. The third-order valence-corrected chi connectivity index (χ3v) is 18.8. The number of phosphoric ester groups is 2. The Morgan fingerprint density at radius 3 is 0.739 bits per heavy atom. The van der Waals surface area contributed by atoms with Crippen LogP contribution in [0.5, 0.6) is 0 Å². The van der Waals surface area contributed by atoms with Crippen LogP contribution in [0.1, 0.15) is 370 Å². The van der Waals surface area contributed by atoms with Gasteiger partial charge < -0.3 is 33.8 Å². The molecule has 0 radical (unpaired) electrons. The first-order chi connectivity index (χ1) is 44.2. The topological polar surface area (TPSA) is 237 Å². The number of ether oxygens (including phenoxy) is 4. The molecule has 92 heavy (non-hydrogen) atoms. The first-order valence-electron chi connectivity index (χ1n) is 37.8. The van der Waals surface area contributed by atoms with Crippen molar-refractivity contribution in [3.8, 4) is 0 Å². The van der Waals surface area contributed by atoms with Crippen LogP contribution in [0.15, 0.2) is 0 Å². The second-order valence-electron chi connectivity index (χ2n) is 27.8. The summed E-state index contributed by atoms with van der Waals surface area (Å²) in [6.07, 6.45) is 48.6. The van der Waals surface area contributed by atoms with E-state index in [1.807, 2.05) is 0 Å². The lowest BCUT2D eigenvalue weighted by molar-refractivity contribution is -0.161. The van der Waals surface area contributed by atoms with Crippen LogP contribution >= 0.6 is 15.6 Å². The molecule has 19 heteroatoms. The summed E-state index contributed by atoms with van der Waals surface area (Å²) < 4.78 is 68.3. The monoisotopic (exact) mass is 1350 g/mol. The normalized spacial score (nSPS) is 14.1. The molecule has 0 aliphatic carbocycles. The van der Waals surface area contributed by atoms with Gasteiger partial charge in [0, 0.05) is 25.7 Å². The molecule has 2 unspecified atom stereocenters. The Balaban J connectivity index is 5.22. The number of rotatable bonds is 71. The molecule has 0 amide bonds. The maximum Gasteiger partial charge on any atom is 0.472 e. The van der Waals surface area contributed by atoms with E-state index in [-0.39, 0.29) is 25.7 Å². The molecule has 0 aliphatic rings. The molecule has 0 aromatic carbocycles. The van der Waals surface area contributed by atoms with Gasteiger partial charge in [0.15, 0.2) is 12.2 Å². The van der Waals surface area contributed by atoms with Crippen molar-refractivity contribution >= 4 is 39.5 Å². The number of aliphatic hydroxyl groups is 1. The summed E-state index contributed by atoms with van der Waals surface area (Å²) in [5.41, 5.74) is 0. The predicted molar refractivity (Wildman–Crippen MR) is 372 cm³/mol. The summed E-state index contributed by atoms with van der Waals surface area (Å²) in [4.78, 5) is 72.6. The number of aliphatic hydroxyl groups excluding tert-OH is 1. The van der Waals surface area contributed by atoms with E-state index in [0.29, 0.717) is 25.7 Å². The minimum Gasteiger partial charge on any atom is -0.462 e. The summed E-state index contributed by atoms with van der Waals surface area (Å²) >= 11 is 0. The highest BCUT2D eigenvalue weighted by Gasteiger charge is 2.30. The largest absolute Gasteiger partial charge is 0.472 e. The fourth-order valence-corrected chi connectivity index (χ4v) is 12.7. The van der Waals surface area contributed by atoms with Gasteiger partial charge in [-0.15, -0.1) is 0 Å². The van der Waals surface area contributed by atoms with Crippen molar-refractivity contribution in [2.45, 2.75) is 388 Å². The zero-order valence-electron chi connectivity index (χ0n) is 60.0. The molecule has 0 rings (SSSR count). The van der Waals surface area contributed by atoms with Crippen LogP contribution in [0, 0.1) is 17.8 Å². The van der Waals surface area contributed by atoms with Crippen molar-refractivity contribution in [2.75, 3.05) is 39.6 Å². The van der Waals surface area contributed by atoms with Crippen LogP contribution in [-0.4, -0.2) is 96.7 Å². The standard InChI is InChI=1S/C73H142O17P2/c1-8-9-10-11-12-33-40-47-54-70(75)83-60-68(90-73(78)57-50-43-36-29-23-26-32-39-46-53-66(6)7)62-87-91(79,80)85-58-67(74)59-86-92(81,82)88-63-69(61-84-71(76)55-48-41-34-27-21-18-17-20-25-31-38-45-52-65(4)5)89-72(77)56-49-42-35-28-22-16-14-13-15-19-24-30-37-44-51-64(2)3/h64-69,74H,8-63H2,1-7H3,(H,79,80)(H,81,82)/t67-,68+,69+/m0/s1. The molecule has 0 fully saturated rings. The van der Waals surface area contributed by atoms with Crippen molar-refractivity contribution in [1.82, 2.24) is 0 Å². The van der Waals surface area contributed by atoms with Gasteiger partial charge in [-0.1, -0.05) is 318 Å². The zero-order valence-corrected chi connectivity index (χ0v) is 61.8. The first kappa shape index (κ1) is 90.1. The molecule has 3 N–H and O–H groups in total. The number of phosphoric acid groups is 2. The highest BCUT2D eigenvalue weighted by molar-refractivity contribution is 7.47. The highest BCUT2D eigenvalue weighted by atomic mass is 31.2. The Morgan fingerprint density at radius 2 is 0.500 bits per heavy atom. The van der Waals surface area contributed by atoms with Crippen molar-refractivity contribution in [3.63, 3.8) is 0 Å². The molecule has 0 bridgehead atoms. The fourth-order valence-electron chi connectivity index (χ4n) is 11.1. The maximum atomic E-state index is 13.1. The summed E-state index contributed by atoms with van der Waals surface area (Å²) in [6.45, 7) is 11.9. The molecule has 0 aliphatic heterocycles. The molecule has 0 heterocycles. The molecule has 17 nitrogen and oxygen atoms in total. The Labute approximate surface area is 562 Å². The summed E-state index contributed by atoms with van der Waals surface area (Å²) in [5.74, 6) is 0.189. The van der Waals surface area contributed by atoms with Crippen molar-refractivity contribution in [3.05, 3.63) is 0 Å². The van der Waals surface area contributed by atoms with Gasteiger partial charge >= 0.3 is 39.5 Å². The highest BCUT2D eigenvalue weighted by Crippen LogP contribution is 2.45. The number of hydrogen-bond donors (Lipinski definition) is 3. The lowest BCUT2D eigenvalue weighted by atomic mass is 10.0. The van der Waals surface area contributed by atoms with Gasteiger partial charge in [0.25, 0.3) is 0 Å². The van der Waals surface area contributed by atoms with Crippen molar-refractivity contribution in [1.29, 1.82) is 0 Å². The molecule has 0 aromatic rings. The average Bonchev–Trinajstić information content (AvgIpc) is 3.00. The molecule has 0 saturated carbocycles. The third kappa shape index (κ3) is 66.7. The molecular weight excluding hydrogens is 1210 g/mol. The molecule has 0 aromatic heterocycles. The van der Waals surface area contributed by atoms with Crippen LogP contribution in [0.2, 0.25) is 0 Å². The van der Waals surface area contributed by atoms with Gasteiger partial charge in [-0.05, 0) is 43.4 Å². The Hall–Kier alpha value is -1.94. The second kappa shape index (κ2) is 63.8. The van der Waals surface area contributed by atoms with E-state index in [0.717, 1.165) is 114 Å². The van der Waals surface area contributed by atoms with E-state index in [1.165, 1.54) is 173 Å². The Morgan fingerprint density at radius 1 is 0.293 bits per heavy atom. The van der Waals surface area contributed by atoms with Crippen molar-refractivity contribution < 1.29 is 80.2 Å².